The van der Waals surface area contributed by atoms with E-state index >= 15 is 0 Å². The molecule has 0 N–H and O–H groups in total. The molecule has 1 aliphatic rings. The summed E-state index contributed by atoms with van der Waals surface area (Å²) < 4.78 is 1.33. The largest absolute Gasteiger partial charge is 0.340 e. The van der Waals surface area contributed by atoms with E-state index in [1.165, 1.54) is 21.0 Å². The number of fused-ring (bicyclic) bond motifs is 2. The maximum atomic E-state index is 13.0. The topological polar surface area (TPSA) is 58.4 Å². The third kappa shape index (κ3) is 3.89. The Bertz CT molecular complexity index is 1350. The van der Waals surface area contributed by atoms with Crippen LogP contribution in [0.1, 0.15) is 11.3 Å². The summed E-state index contributed by atoms with van der Waals surface area (Å²) in [7, 11) is 1.63. The fourth-order valence-corrected chi connectivity index (χ4v) is 4.59. The number of carbonyl (C=O) groups is 1. The molecule has 3 aromatic carbocycles. The molecule has 1 saturated heterocycles. The molecule has 1 aromatic heterocycles. The van der Waals surface area contributed by atoms with Crippen molar-refractivity contribution in [3.8, 4) is 0 Å². The van der Waals surface area contributed by atoms with E-state index in [1.54, 1.807) is 13.1 Å². The Balaban J connectivity index is 1.26. The van der Waals surface area contributed by atoms with Gasteiger partial charge in [-0.15, -0.1) is 0 Å². The van der Waals surface area contributed by atoms with Gasteiger partial charge in [-0.1, -0.05) is 60.7 Å². The predicted molar refractivity (Wildman–Crippen MR) is 126 cm³/mol. The first-order valence-electron chi connectivity index (χ1n) is 11.0. The number of amides is 1. The number of piperazine rings is 1. The maximum Gasteiger partial charge on any atom is 0.274 e. The Morgan fingerprint density at radius 3 is 2.28 bits per heavy atom. The fraction of sp³-hybridized carbons (Fsp3) is 0.269. The minimum atomic E-state index is -0.140. The van der Waals surface area contributed by atoms with E-state index in [4.69, 9.17) is 0 Å². The summed E-state index contributed by atoms with van der Waals surface area (Å²) in [6.07, 6.45) is 0.206. The summed E-state index contributed by atoms with van der Waals surface area (Å²) in [5.41, 5.74) is 1.84. The van der Waals surface area contributed by atoms with Crippen LogP contribution in [0.4, 0.5) is 0 Å². The van der Waals surface area contributed by atoms with Crippen molar-refractivity contribution in [3.05, 3.63) is 88.3 Å². The highest BCUT2D eigenvalue weighted by Gasteiger charge is 2.23. The monoisotopic (exact) mass is 426 g/mol. The van der Waals surface area contributed by atoms with Gasteiger partial charge in [-0.2, -0.15) is 5.10 Å². The maximum absolute atomic E-state index is 13.0. The number of rotatable bonds is 4. The standard InChI is InChI=1S/C26H26N4O2/c1-28-26(32)23-12-5-4-11-22(23)24(27-28)17-25(31)30-15-13-29(14-16-30)18-20-9-6-8-19-7-2-3-10-21(19)20/h2-12H,13-18H2,1H3. The second-order valence-corrected chi connectivity index (χ2v) is 8.39. The molecule has 4 aromatic rings. The van der Waals surface area contributed by atoms with Crippen LogP contribution in [0.25, 0.3) is 21.5 Å². The summed E-state index contributed by atoms with van der Waals surface area (Å²) in [6.45, 7) is 3.98. The third-order valence-corrected chi connectivity index (χ3v) is 6.35. The summed E-state index contributed by atoms with van der Waals surface area (Å²) >= 11 is 0. The van der Waals surface area contributed by atoms with Gasteiger partial charge in [0.15, 0.2) is 0 Å². The number of benzene rings is 3. The number of hydrogen-bond acceptors (Lipinski definition) is 4. The third-order valence-electron chi connectivity index (χ3n) is 6.35. The molecule has 32 heavy (non-hydrogen) atoms. The molecule has 0 bridgehead atoms. The molecular formula is C26H26N4O2. The zero-order valence-electron chi connectivity index (χ0n) is 18.2. The van der Waals surface area contributed by atoms with Crippen LogP contribution in [0.2, 0.25) is 0 Å². The second-order valence-electron chi connectivity index (χ2n) is 8.39. The molecule has 1 fully saturated rings. The highest BCUT2D eigenvalue weighted by molar-refractivity contribution is 5.88. The van der Waals surface area contributed by atoms with E-state index in [0.29, 0.717) is 24.2 Å². The molecule has 0 spiro atoms. The van der Waals surface area contributed by atoms with E-state index < -0.39 is 0 Å². The van der Waals surface area contributed by atoms with Crippen LogP contribution in [0, 0.1) is 0 Å². The van der Waals surface area contributed by atoms with Gasteiger partial charge in [0.1, 0.15) is 0 Å². The Morgan fingerprint density at radius 2 is 1.50 bits per heavy atom. The highest BCUT2D eigenvalue weighted by atomic mass is 16.2. The van der Waals surface area contributed by atoms with Gasteiger partial charge in [-0.05, 0) is 22.4 Å². The lowest BCUT2D eigenvalue weighted by atomic mass is 10.0. The quantitative estimate of drug-likeness (QED) is 0.504. The zero-order chi connectivity index (χ0) is 22.1. The number of aryl methyl sites for hydroxylation is 1. The molecule has 6 nitrogen and oxygen atoms in total. The lowest BCUT2D eigenvalue weighted by Crippen LogP contribution is -2.48. The van der Waals surface area contributed by atoms with Crippen molar-refractivity contribution in [1.82, 2.24) is 19.6 Å². The van der Waals surface area contributed by atoms with Gasteiger partial charge < -0.3 is 4.90 Å². The Kier molecular flexibility index (Phi) is 5.45. The molecule has 5 rings (SSSR count). The van der Waals surface area contributed by atoms with Crippen LogP contribution in [0.5, 0.6) is 0 Å². The average Bonchev–Trinajstić information content (AvgIpc) is 2.83. The van der Waals surface area contributed by atoms with Crippen molar-refractivity contribution < 1.29 is 4.79 Å². The molecule has 0 radical (unpaired) electrons. The molecule has 1 aliphatic heterocycles. The first kappa shape index (κ1) is 20.4. The minimum Gasteiger partial charge on any atom is -0.340 e. The smallest absolute Gasteiger partial charge is 0.274 e. The van der Waals surface area contributed by atoms with Gasteiger partial charge in [-0.25, -0.2) is 4.68 Å². The lowest BCUT2D eigenvalue weighted by Gasteiger charge is -2.35. The molecule has 0 aliphatic carbocycles. The van der Waals surface area contributed by atoms with Crippen molar-refractivity contribution in [2.45, 2.75) is 13.0 Å². The highest BCUT2D eigenvalue weighted by Crippen LogP contribution is 2.21. The SMILES string of the molecule is Cn1nc(CC(=O)N2CCN(Cc3cccc4ccccc34)CC2)c2ccccc2c1=O. The molecule has 0 atom stereocenters. The van der Waals surface area contributed by atoms with Crippen molar-refractivity contribution in [1.29, 1.82) is 0 Å². The first-order chi connectivity index (χ1) is 15.6. The summed E-state index contributed by atoms with van der Waals surface area (Å²) in [4.78, 5) is 29.7. The van der Waals surface area contributed by atoms with Crippen LogP contribution >= 0.6 is 0 Å². The van der Waals surface area contributed by atoms with E-state index in [9.17, 15) is 9.59 Å². The van der Waals surface area contributed by atoms with Crippen molar-refractivity contribution in [3.63, 3.8) is 0 Å². The lowest BCUT2D eigenvalue weighted by molar-refractivity contribution is -0.132. The Morgan fingerprint density at radius 1 is 0.844 bits per heavy atom. The Labute approximate surface area is 186 Å². The second kappa shape index (κ2) is 8.55. The summed E-state index contributed by atoms with van der Waals surface area (Å²) in [5.74, 6) is 0.0612. The minimum absolute atomic E-state index is 0.0612. The predicted octanol–water partition coefficient (Wildman–Crippen LogP) is 2.97. The van der Waals surface area contributed by atoms with Gasteiger partial charge >= 0.3 is 0 Å². The number of carbonyl (C=O) groups excluding carboxylic acids is 1. The average molecular weight is 427 g/mol. The number of aromatic nitrogens is 2. The van der Waals surface area contributed by atoms with E-state index in [0.717, 1.165) is 25.0 Å². The van der Waals surface area contributed by atoms with Crippen LogP contribution in [-0.4, -0.2) is 51.7 Å². The molecular weight excluding hydrogens is 400 g/mol. The molecule has 0 saturated carbocycles. The number of nitrogens with zero attached hydrogens (tertiary/aromatic N) is 4. The normalized spacial score (nSPS) is 14.8. The van der Waals surface area contributed by atoms with Crippen molar-refractivity contribution >= 4 is 27.5 Å². The van der Waals surface area contributed by atoms with Crippen LogP contribution in [0.15, 0.2) is 71.5 Å². The van der Waals surface area contributed by atoms with Gasteiger partial charge in [0.05, 0.1) is 17.5 Å². The number of hydrogen-bond donors (Lipinski definition) is 0. The van der Waals surface area contributed by atoms with Gasteiger partial charge in [-0.3, -0.25) is 14.5 Å². The van der Waals surface area contributed by atoms with Gasteiger partial charge in [0.25, 0.3) is 5.56 Å². The summed E-state index contributed by atoms with van der Waals surface area (Å²) in [5, 5.41) is 8.30. The molecule has 0 unspecified atom stereocenters. The van der Waals surface area contributed by atoms with E-state index in [1.807, 2.05) is 23.1 Å². The van der Waals surface area contributed by atoms with E-state index in [2.05, 4.69) is 52.5 Å². The first-order valence-corrected chi connectivity index (χ1v) is 11.0. The zero-order valence-corrected chi connectivity index (χ0v) is 18.2. The molecule has 1 amide bonds. The molecule has 6 heteroatoms. The van der Waals surface area contributed by atoms with Crippen LogP contribution in [0.3, 0.4) is 0 Å². The van der Waals surface area contributed by atoms with Gasteiger partial charge in [0.2, 0.25) is 5.91 Å². The molecule has 2 heterocycles. The Hall–Kier alpha value is -3.51. The fourth-order valence-electron chi connectivity index (χ4n) is 4.59. The van der Waals surface area contributed by atoms with E-state index in [-0.39, 0.29) is 17.9 Å². The van der Waals surface area contributed by atoms with Crippen molar-refractivity contribution in [2.24, 2.45) is 7.05 Å². The molecule has 162 valence electrons. The summed E-state index contributed by atoms with van der Waals surface area (Å²) in [6, 6.07) is 22.3. The van der Waals surface area contributed by atoms with Crippen molar-refractivity contribution in [2.75, 3.05) is 26.2 Å². The van der Waals surface area contributed by atoms with Gasteiger partial charge in [0, 0.05) is 45.2 Å². The van der Waals surface area contributed by atoms with Crippen LogP contribution < -0.4 is 5.56 Å². The van der Waals surface area contributed by atoms with Crippen LogP contribution in [-0.2, 0) is 24.8 Å².